The van der Waals surface area contributed by atoms with Crippen LogP contribution in [0.4, 0.5) is 5.69 Å². The number of carboxylic acid groups (broad SMARTS) is 1. The van der Waals surface area contributed by atoms with Crippen LogP contribution in [0.5, 0.6) is 0 Å². The highest BCUT2D eigenvalue weighted by Crippen LogP contribution is 2.42. The standard InChI is InChI=1S/C14H11BrN2O4/c15-11-7-9(17(20)21)3-4-10(11)12-5-6-13(14(18)19)16(12)8-1-2-8/h3-8H,1-2H2,(H,18,19). The molecule has 0 unspecified atom stereocenters. The average Bonchev–Trinajstić information content (AvgIpc) is 3.17. The Balaban J connectivity index is 2.13. The first-order valence-corrected chi connectivity index (χ1v) is 7.17. The Morgan fingerprint density at radius 2 is 2.05 bits per heavy atom. The van der Waals surface area contributed by atoms with E-state index >= 15 is 0 Å². The van der Waals surface area contributed by atoms with Gasteiger partial charge in [0.2, 0.25) is 0 Å². The van der Waals surface area contributed by atoms with Gasteiger partial charge < -0.3 is 9.67 Å². The highest BCUT2D eigenvalue weighted by molar-refractivity contribution is 9.10. The van der Waals surface area contributed by atoms with E-state index in [0.717, 1.165) is 24.1 Å². The van der Waals surface area contributed by atoms with Crippen molar-refractivity contribution in [3.8, 4) is 11.3 Å². The highest BCUT2D eigenvalue weighted by Gasteiger charge is 2.30. The average molecular weight is 351 g/mol. The third-order valence-electron chi connectivity index (χ3n) is 3.49. The Morgan fingerprint density at radius 1 is 1.33 bits per heavy atom. The van der Waals surface area contributed by atoms with Crippen LogP contribution in [0.2, 0.25) is 0 Å². The highest BCUT2D eigenvalue weighted by atomic mass is 79.9. The van der Waals surface area contributed by atoms with E-state index in [-0.39, 0.29) is 17.4 Å². The smallest absolute Gasteiger partial charge is 0.352 e. The molecule has 0 radical (unpaired) electrons. The second kappa shape index (κ2) is 5.00. The number of hydrogen-bond donors (Lipinski definition) is 1. The van der Waals surface area contributed by atoms with E-state index in [1.165, 1.54) is 12.1 Å². The lowest BCUT2D eigenvalue weighted by atomic mass is 10.1. The van der Waals surface area contributed by atoms with Crippen LogP contribution in [-0.4, -0.2) is 20.6 Å². The van der Waals surface area contributed by atoms with Crippen LogP contribution in [-0.2, 0) is 0 Å². The molecule has 0 aliphatic heterocycles. The number of nitrogens with zero attached hydrogens (tertiary/aromatic N) is 2. The van der Waals surface area contributed by atoms with Crippen LogP contribution in [0.25, 0.3) is 11.3 Å². The van der Waals surface area contributed by atoms with Crippen molar-refractivity contribution in [1.82, 2.24) is 4.57 Å². The summed E-state index contributed by atoms with van der Waals surface area (Å²) in [7, 11) is 0. The van der Waals surface area contributed by atoms with E-state index in [4.69, 9.17) is 0 Å². The fourth-order valence-electron chi connectivity index (χ4n) is 2.39. The third kappa shape index (κ3) is 2.44. The number of aromatic carboxylic acids is 1. The number of carbonyl (C=O) groups is 1. The number of nitro benzene ring substituents is 1. The molecule has 6 nitrogen and oxygen atoms in total. The molecule has 0 atom stereocenters. The summed E-state index contributed by atoms with van der Waals surface area (Å²) in [5.74, 6) is -0.966. The van der Waals surface area contributed by atoms with Crippen molar-refractivity contribution in [2.45, 2.75) is 18.9 Å². The van der Waals surface area contributed by atoms with Crippen molar-refractivity contribution in [3.05, 3.63) is 50.6 Å². The number of non-ortho nitro benzene ring substituents is 1. The minimum atomic E-state index is -0.966. The fourth-order valence-corrected chi connectivity index (χ4v) is 2.96. The number of nitro groups is 1. The van der Waals surface area contributed by atoms with Gasteiger partial charge in [-0.25, -0.2) is 4.79 Å². The van der Waals surface area contributed by atoms with Gasteiger partial charge in [-0.3, -0.25) is 10.1 Å². The zero-order valence-electron chi connectivity index (χ0n) is 10.8. The molecule has 1 fully saturated rings. The summed E-state index contributed by atoms with van der Waals surface area (Å²) in [6.07, 6.45) is 1.90. The number of aromatic nitrogens is 1. The van der Waals surface area contributed by atoms with Crippen molar-refractivity contribution in [2.24, 2.45) is 0 Å². The molecular weight excluding hydrogens is 340 g/mol. The predicted octanol–water partition coefficient (Wildman–Crippen LogP) is 3.86. The molecule has 1 saturated carbocycles. The zero-order valence-corrected chi connectivity index (χ0v) is 12.4. The summed E-state index contributed by atoms with van der Waals surface area (Å²) >= 11 is 3.34. The fraction of sp³-hybridized carbons (Fsp3) is 0.214. The molecule has 0 amide bonds. The van der Waals surface area contributed by atoms with Crippen LogP contribution < -0.4 is 0 Å². The molecule has 1 aromatic heterocycles. The predicted molar refractivity (Wildman–Crippen MR) is 79.5 cm³/mol. The molecule has 108 valence electrons. The molecule has 1 N–H and O–H groups in total. The second-order valence-corrected chi connectivity index (χ2v) is 5.79. The van der Waals surface area contributed by atoms with Gasteiger partial charge in [0.1, 0.15) is 5.69 Å². The summed E-state index contributed by atoms with van der Waals surface area (Å²) in [5, 5.41) is 20.0. The molecule has 3 rings (SSSR count). The van der Waals surface area contributed by atoms with Crippen molar-refractivity contribution in [3.63, 3.8) is 0 Å². The van der Waals surface area contributed by atoms with E-state index in [1.807, 2.05) is 0 Å². The van der Waals surface area contributed by atoms with Gasteiger partial charge in [-0.05, 0) is 47.0 Å². The Bertz CT molecular complexity index is 749. The van der Waals surface area contributed by atoms with Gasteiger partial charge in [-0.1, -0.05) is 0 Å². The molecule has 1 aromatic carbocycles. The molecule has 7 heteroatoms. The van der Waals surface area contributed by atoms with Gasteiger partial charge in [0.05, 0.1) is 10.6 Å². The molecule has 1 heterocycles. The van der Waals surface area contributed by atoms with Crippen LogP contribution >= 0.6 is 15.9 Å². The maximum Gasteiger partial charge on any atom is 0.352 e. The zero-order chi connectivity index (χ0) is 15.1. The first-order valence-electron chi connectivity index (χ1n) is 6.38. The number of hydrogen-bond acceptors (Lipinski definition) is 3. The Hall–Kier alpha value is -2.15. The van der Waals surface area contributed by atoms with Gasteiger partial charge in [-0.2, -0.15) is 0 Å². The van der Waals surface area contributed by atoms with Gasteiger partial charge in [0, 0.05) is 28.2 Å². The number of halogens is 1. The molecule has 1 aliphatic carbocycles. The molecule has 1 aliphatic rings. The van der Waals surface area contributed by atoms with Crippen LogP contribution in [0.3, 0.4) is 0 Å². The van der Waals surface area contributed by atoms with Crippen LogP contribution in [0.1, 0.15) is 29.4 Å². The minimum absolute atomic E-state index is 0.00592. The van der Waals surface area contributed by atoms with Gasteiger partial charge in [-0.15, -0.1) is 0 Å². The van der Waals surface area contributed by atoms with Gasteiger partial charge in [0.15, 0.2) is 0 Å². The summed E-state index contributed by atoms with van der Waals surface area (Å²) in [6.45, 7) is 0. The molecule has 0 saturated heterocycles. The van der Waals surface area contributed by atoms with Crippen LogP contribution in [0.15, 0.2) is 34.8 Å². The molecular formula is C14H11BrN2O4. The molecule has 2 aromatic rings. The van der Waals surface area contributed by atoms with Crippen molar-refractivity contribution in [2.75, 3.05) is 0 Å². The van der Waals surface area contributed by atoms with E-state index < -0.39 is 10.9 Å². The number of rotatable bonds is 4. The minimum Gasteiger partial charge on any atom is -0.477 e. The van der Waals surface area contributed by atoms with E-state index in [2.05, 4.69) is 15.9 Å². The number of carboxylic acids is 1. The van der Waals surface area contributed by atoms with E-state index in [0.29, 0.717) is 4.47 Å². The summed E-state index contributed by atoms with van der Waals surface area (Å²) in [4.78, 5) is 21.6. The quantitative estimate of drug-likeness (QED) is 0.670. The largest absolute Gasteiger partial charge is 0.477 e. The van der Waals surface area contributed by atoms with Crippen LogP contribution in [0, 0.1) is 10.1 Å². The molecule has 21 heavy (non-hydrogen) atoms. The first-order chi connectivity index (χ1) is 9.99. The maximum absolute atomic E-state index is 11.3. The molecule has 0 bridgehead atoms. The summed E-state index contributed by atoms with van der Waals surface area (Å²) < 4.78 is 2.38. The number of benzene rings is 1. The molecule has 0 spiro atoms. The third-order valence-corrected chi connectivity index (χ3v) is 4.14. The monoisotopic (exact) mass is 350 g/mol. The Labute approximate surface area is 128 Å². The lowest BCUT2D eigenvalue weighted by molar-refractivity contribution is -0.384. The van der Waals surface area contributed by atoms with Crippen molar-refractivity contribution < 1.29 is 14.8 Å². The summed E-state index contributed by atoms with van der Waals surface area (Å²) in [5.41, 5.74) is 1.75. The first kappa shape index (κ1) is 13.8. The lowest BCUT2D eigenvalue weighted by Crippen LogP contribution is -2.08. The Kier molecular flexibility index (Phi) is 3.29. The topological polar surface area (TPSA) is 85.4 Å². The van der Waals surface area contributed by atoms with E-state index in [9.17, 15) is 20.0 Å². The second-order valence-electron chi connectivity index (χ2n) is 4.93. The van der Waals surface area contributed by atoms with Crippen molar-refractivity contribution >= 4 is 27.6 Å². The van der Waals surface area contributed by atoms with Gasteiger partial charge >= 0.3 is 5.97 Å². The summed E-state index contributed by atoms with van der Waals surface area (Å²) in [6, 6.07) is 8.01. The lowest BCUT2D eigenvalue weighted by Gasteiger charge is -2.11. The normalized spacial score (nSPS) is 14.1. The van der Waals surface area contributed by atoms with Crippen molar-refractivity contribution in [1.29, 1.82) is 0 Å². The SMILES string of the molecule is O=C(O)c1ccc(-c2ccc([N+](=O)[O-])cc2Br)n1C1CC1. The van der Waals surface area contributed by atoms with E-state index in [1.54, 1.807) is 22.8 Å². The maximum atomic E-state index is 11.3. The van der Waals surface area contributed by atoms with Gasteiger partial charge in [0.25, 0.3) is 5.69 Å². The Morgan fingerprint density at radius 3 is 2.57 bits per heavy atom.